The van der Waals surface area contributed by atoms with Gasteiger partial charge >= 0.3 is 0 Å². The molecule has 0 N–H and O–H groups in total. The van der Waals surface area contributed by atoms with Gasteiger partial charge in [-0.25, -0.2) is 5.11 Å². The van der Waals surface area contributed by atoms with Crippen LogP contribution in [0.5, 0.6) is 0 Å². The Morgan fingerprint density at radius 2 is 1.75 bits per heavy atom. The lowest BCUT2D eigenvalue weighted by atomic mass is 9.88. The summed E-state index contributed by atoms with van der Waals surface area (Å²) in [5.74, 6) is 0.366. The van der Waals surface area contributed by atoms with Crippen LogP contribution in [0.4, 0.5) is 0 Å². The number of hydrogen-bond donors (Lipinski definition) is 0. The highest BCUT2D eigenvalue weighted by Crippen LogP contribution is 2.36. The topological polar surface area (TPSA) is 19.9 Å². The Kier molecular flexibility index (Phi) is 3.53. The van der Waals surface area contributed by atoms with E-state index in [1.54, 1.807) is 0 Å². The van der Waals surface area contributed by atoms with E-state index in [4.69, 9.17) is 0 Å². The van der Waals surface area contributed by atoms with E-state index in [0.29, 0.717) is 5.92 Å². The van der Waals surface area contributed by atoms with Gasteiger partial charge in [-0.1, -0.05) is 72.3 Å². The van der Waals surface area contributed by atoms with Crippen molar-refractivity contribution in [3.8, 4) is 11.1 Å². The van der Waals surface area contributed by atoms with Gasteiger partial charge in [0.25, 0.3) is 0 Å². The van der Waals surface area contributed by atoms with Crippen LogP contribution < -0.4 is 0 Å². The minimum absolute atomic E-state index is 0.158. The van der Waals surface area contributed by atoms with Gasteiger partial charge in [-0.2, -0.15) is 0 Å². The molecule has 0 saturated carbocycles. The van der Waals surface area contributed by atoms with Crippen molar-refractivity contribution in [1.29, 1.82) is 0 Å². The van der Waals surface area contributed by atoms with E-state index in [-0.39, 0.29) is 6.61 Å². The Morgan fingerprint density at radius 3 is 2.40 bits per heavy atom. The Bertz CT molecular complexity index is 662. The first-order chi connectivity index (χ1) is 9.79. The summed E-state index contributed by atoms with van der Waals surface area (Å²) < 4.78 is 0. The second-order valence-electron chi connectivity index (χ2n) is 5.20. The molecule has 1 heteroatoms. The molecule has 99 valence electrons. The molecule has 1 unspecified atom stereocenters. The summed E-state index contributed by atoms with van der Waals surface area (Å²) in [6.45, 7) is 2.01. The first-order valence-electron chi connectivity index (χ1n) is 6.91. The molecule has 1 atom stereocenters. The minimum Gasteiger partial charge on any atom is -0.232 e. The maximum Gasteiger partial charge on any atom is 0.107 e. The summed E-state index contributed by atoms with van der Waals surface area (Å²) in [7, 11) is 0. The minimum atomic E-state index is -0.158. The third-order valence-electron chi connectivity index (χ3n) is 3.88. The molecule has 0 heterocycles. The van der Waals surface area contributed by atoms with E-state index >= 15 is 0 Å². The highest BCUT2D eigenvalue weighted by atomic mass is 16.3. The fourth-order valence-corrected chi connectivity index (χ4v) is 2.73. The highest BCUT2D eigenvalue weighted by molar-refractivity contribution is 5.70. The van der Waals surface area contributed by atoms with Crippen LogP contribution in [0.3, 0.4) is 0 Å². The highest BCUT2D eigenvalue weighted by Gasteiger charge is 2.17. The van der Waals surface area contributed by atoms with Gasteiger partial charge in [-0.3, -0.25) is 0 Å². The van der Waals surface area contributed by atoms with E-state index in [2.05, 4.69) is 49.4 Å². The van der Waals surface area contributed by atoms with Gasteiger partial charge in [0.15, 0.2) is 0 Å². The van der Waals surface area contributed by atoms with E-state index in [1.807, 2.05) is 24.3 Å². The van der Waals surface area contributed by atoms with Crippen molar-refractivity contribution >= 4 is 0 Å². The summed E-state index contributed by atoms with van der Waals surface area (Å²) in [5.41, 5.74) is 5.95. The summed E-state index contributed by atoms with van der Waals surface area (Å²) in [5, 5.41) is 10.9. The molecule has 0 bridgehead atoms. The lowest BCUT2D eigenvalue weighted by Gasteiger charge is -2.16. The molecule has 1 radical (unpaired) electrons. The van der Waals surface area contributed by atoms with Gasteiger partial charge in [0.05, 0.1) is 0 Å². The third-order valence-corrected chi connectivity index (χ3v) is 3.88. The zero-order chi connectivity index (χ0) is 13.9. The molecule has 20 heavy (non-hydrogen) atoms. The summed E-state index contributed by atoms with van der Waals surface area (Å²) in [6.07, 6.45) is 6.53. The van der Waals surface area contributed by atoms with Crippen LogP contribution in [0, 0.1) is 0 Å². The summed E-state index contributed by atoms with van der Waals surface area (Å²) in [4.78, 5) is 0. The Morgan fingerprint density at radius 1 is 1.00 bits per heavy atom. The lowest BCUT2D eigenvalue weighted by molar-refractivity contribution is 0.177. The van der Waals surface area contributed by atoms with Crippen LogP contribution in [0.1, 0.15) is 24.0 Å². The molecule has 0 aromatic heterocycles. The number of rotatable bonds is 3. The second kappa shape index (κ2) is 5.48. The van der Waals surface area contributed by atoms with E-state index < -0.39 is 0 Å². The van der Waals surface area contributed by atoms with Gasteiger partial charge < -0.3 is 0 Å². The molecule has 1 aliphatic carbocycles. The molecule has 1 nitrogen and oxygen atoms in total. The van der Waals surface area contributed by atoms with Crippen LogP contribution in [-0.4, -0.2) is 0 Å². The molecule has 1 aliphatic rings. The average Bonchev–Trinajstić information content (AvgIpc) is 2.93. The SMILES string of the molecule is CC1=CC=CC1c1ccccc1-c1ccc(C[O])cc1. The van der Waals surface area contributed by atoms with Gasteiger partial charge in [0, 0.05) is 5.92 Å². The fraction of sp³-hybridized carbons (Fsp3) is 0.158. The van der Waals surface area contributed by atoms with Gasteiger partial charge in [-0.15, -0.1) is 0 Å². The van der Waals surface area contributed by atoms with E-state index in [0.717, 1.165) is 5.56 Å². The molecule has 0 fully saturated rings. The van der Waals surface area contributed by atoms with E-state index in [1.165, 1.54) is 22.3 Å². The van der Waals surface area contributed by atoms with Crippen LogP contribution >= 0.6 is 0 Å². The molecular formula is C19H17O. The zero-order valence-electron chi connectivity index (χ0n) is 11.5. The Hall–Kier alpha value is -2.12. The average molecular weight is 261 g/mol. The number of benzene rings is 2. The summed E-state index contributed by atoms with van der Waals surface area (Å²) >= 11 is 0. The first-order valence-corrected chi connectivity index (χ1v) is 6.91. The first kappa shape index (κ1) is 12.9. The molecule has 0 amide bonds. The Labute approximate surface area is 119 Å². The third kappa shape index (κ3) is 2.33. The van der Waals surface area contributed by atoms with Crippen molar-refractivity contribution < 1.29 is 5.11 Å². The summed E-state index contributed by atoms with van der Waals surface area (Å²) in [6, 6.07) is 16.4. The number of allylic oxidation sites excluding steroid dienone is 4. The van der Waals surface area contributed by atoms with Crippen LogP contribution in [0.25, 0.3) is 11.1 Å². The van der Waals surface area contributed by atoms with Crippen molar-refractivity contribution in [3.05, 3.63) is 83.5 Å². The zero-order valence-corrected chi connectivity index (χ0v) is 11.5. The van der Waals surface area contributed by atoms with Crippen LogP contribution in [-0.2, 0) is 11.7 Å². The van der Waals surface area contributed by atoms with E-state index in [9.17, 15) is 5.11 Å². The standard InChI is InChI=1S/C19H17O/c1-14-5-4-8-17(14)19-7-3-2-6-18(19)16-11-9-15(13-20)10-12-16/h2-12,17H,13H2,1H3. The lowest BCUT2D eigenvalue weighted by Crippen LogP contribution is -1.97. The van der Waals surface area contributed by atoms with Crippen molar-refractivity contribution in [1.82, 2.24) is 0 Å². The van der Waals surface area contributed by atoms with Gasteiger partial charge in [0.1, 0.15) is 6.61 Å². The van der Waals surface area contributed by atoms with Crippen LogP contribution in [0.15, 0.2) is 72.3 Å². The smallest absolute Gasteiger partial charge is 0.107 e. The fourth-order valence-electron chi connectivity index (χ4n) is 2.73. The second-order valence-corrected chi connectivity index (χ2v) is 5.20. The van der Waals surface area contributed by atoms with Crippen molar-refractivity contribution in [2.24, 2.45) is 0 Å². The molecule has 3 rings (SSSR count). The van der Waals surface area contributed by atoms with Crippen molar-refractivity contribution in [2.75, 3.05) is 0 Å². The predicted octanol–water partition coefficient (Wildman–Crippen LogP) is 4.88. The molecule has 0 aliphatic heterocycles. The quantitative estimate of drug-likeness (QED) is 0.750. The van der Waals surface area contributed by atoms with Crippen molar-refractivity contribution in [2.45, 2.75) is 19.4 Å². The largest absolute Gasteiger partial charge is 0.232 e. The van der Waals surface area contributed by atoms with Crippen LogP contribution in [0.2, 0.25) is 0 Å². The Balaban J connectivity index is 2.05. The molecule has 2 aromatic rings. The molecule has 2 aromatic carbocycles. The molecule has 0 saturated heterocycles. The van der Waals surface area contributed by atoms with Crippen molar-refractivity contribution in [3.63, 3.8) is 0 Å². The monoisotopic (exact) mass is 261 g/mol. The molecule has 0 spiro atoms. The van der Waals surface area contributed by atoms with Gasteiger partial charge in [-0.05, 0) is 29.2 Å². The molecular weight excluding hydrogens is 244 g/mol. The van der Waals surface area contributed by atoms with Gasteiger partial charge in [0.2, 0.25) is 0 Å². The predicted molar refractivity (Wildman–Crippen MR) is 81.9 cm³/mol. The number of hydrogen-bond acceptors (Lipinski definition) is 0. The normalized spacial score (nSPS) is 17.3. The maximum absolute atomic E-state index is 10.9. The maximum atomic E-state index is 10.9.